The third kappa shape index (κ3) is 3.34. The molecule has 0 bridgehead atoms. The molecule has 15 heavy (non-hydrogen) atoms. The topological polar surface area (TPSA) is 26.3 Å². The molecule has 2 nitrogen and oxygen atoms in total. The van der Waals surface area contributed by atoms with Crippen molar-refractivity contribution in [2.75, 3.05) is 0 Å². The Morgan fingerprint density at radius 2 is 2.07 bits per heavy atom. The number of rotatable bonds is 5. The molecule has 1 rings (SSSR count). The summed E-state index contributed by atoms with van der Waals surface area (Å²) in [6.45, 7) is 4.20. The van der Waals surface area contributed by atoms with Crippen LogP contribution in [0.5, 0.6) is 5.75 Å². The van der Waals surface area contributed by atoms with Gasteiger partial charge in [-0.1, -0.05) is 13.8 Å². The van der Waals surface area contributed by atoms with Gasteiger partial charge in [-0.3, -0.25) is 4.79 Å². The summed E-state index contributed by atoms with van der Waals surface area (Å²) in [6, 6.07) is 5.35. The standard InChI is InChI=1S/C12H15BrO2/c1-3-10(4-2)15-12-6-5-9(8-14)7-11(12)13/h5-8,10H,3-4H2,1-2H3. The first-order valence-corrected chi connectivity index (χ1v) is 5.91. The molecule has 0 saturated carbocycles. The van der Waals surface area contributed by atoms with Gasteiger partial charge in [0.25, 0.3) is 0 Å². The third-order valence-corrected chi connectivity index (χ3v) is 2.92. The number of hydrogen-bond donors (Lipinski definition) is 0. The van der Waals surface area contributed by atoms with E-state index < -0.39 is 0 Å². The van der Waals surface area contributed by atoms with Crippen molar-refractivity contribution in [1.29, 1.82) is 0 Å². The fraction of sp³-hybridized carbons (Fsp3) is 0.417. The van der Waals surface area contributed by atoms with Crippen LogP contribution < -0.4 is 4.74 Å². The molecule has 1 aromatic rings. The van der Waals surface area contributed by atoms with Crippen LogP contribution in [0.15, 0.2) is 22.7 Å². The minimum absolute atomic E-state index is 0.239. The van der Waals surface area contributed by atoms with Crippen LogP contribution in [-0.2, 0) is 0 Å². The highest BCUT2D eigenvalue weighted by Gasteiger charge is 2.08. The third-order valence-electron chi connectivity index (χ3n) is 2.30. The van der Waals surface area contributed by atoms with Crippen molar-refractivity contribution in [3.8, 4) is 5.75 Å². The molecule has 0 aliphatic carbocycles. The Bertz CT molecular complexity index is 332. The SMILES string of the molecule is CCC(CC)Oc1ccc(C=O)cc1Br. The van der Waals surface area contributed by atoms with Crippen molar-refractivity contribution in [3.63, 3.8) is 0 Å². The molecule has 0 fully saturated rings. The summed E-state index contributed by atoms with van der Waals surface area (Å²) >= 11 is 3.39. The van der Waals surface area contributed by atoms with E-state index in [-0.39, 0.29) is 6.10 Å². The lowest BCUT2D eigenvalue weighted by Gasteiger charge is -2.16. The van der Waals surface area contributed by atoms with Crippen LogP contribution >= 0.6 is 15.9 Å². The molecule has 0 spiro atoms. The zero-order valence-corrected chi connectivity index (χ0v) is 10.6. The molecule has 0 aliphatic heterocycles. The summed E-state index contributed by atoms with van der Waals surface area (Å²) in [5.74, 6) is 0.800. The van der Waals surface area contributed by atoms with E-state index in [1.165, 1.54) is 0 Å². The predicted molar refractivity (Wildman–Crippen MR) is 64.5 cm³/mol. The van der Waals surface area contributed by atoms with Crippen LogP contribution in [0.25, 0.3) is 0 Å². The zero-order valence-electron chi connectivity index (χ0n) is 9.00. The molecule has 0 radical (unpaired) electrons. The van der Waals surface area contributed by atoms with Crippen molar-refractivity contribution in [3.05, 3.63) is 28.2 Å². The van der Waals surface area contributed by atoms with Gasteiger partial charge in [-0.25, -0.2) is 0 Å². The predicted octanol–water partition coefficient (Wildman–Crippen LogP) is 3.83. The Balaban J connectivity index is 2.81. The first-order valence-electron chi connectivity index (χ1n) is 5.12. The molecule has 0 unspecified atom stereocenters. The van der Waals surface area contributed by atoms with Gasteiger partial charge >= 0.3 is 0 Å². The average Bonchev–Trinajstić information content (AvgIpc) is 2.27. The Kier molecular flexibility index (Phi) is 4.82. The van der Waals surface area contributed by atoms with E-state index in [2.05, 4.69) is 29.8 Å². The Morgan fingerprint density at radius 3 is 2.53 bits per heavy atom. The fourth-order valence-corrected chi connectivity index (χ4v) is 1.81. The van der Waals surface area contributed by atoms with Gasteiger partial charge in [-0.2, -0.15) is 0 Å². The summed E-state index contributed by atoms with van der Waals surface area (Å²) < 4.78 is 6.61. The molecule has 82 valence electrons. The van der Waals surface area contributed by atoms with E-state index in [1.807, 2.05) is 6.07 Å². The number of benzene rings is 1. The zero-order chi connectivity index (χ0) is 11.3. The van der Waals surface area contributed by atoms with E-state index in [1.54, 1.807) is 12.1 Å². The van der Waals surface area contributed by atoms with Crippen LogP contribution in [0.3, 0.4) is 0 Å². The van der Waals surface area contributed by atoms with Crippen LogP contribution in [-0.4, -0.2) is 12.4 Å². The minimum atomic E-state index is 0.239. The lowest BCUT2D eigenvalue weighted by atomic mass is 10.2. The highest BCUT2D eigenvalue weighted by molar-refractivity contribution is 9.10. The summed E-state index contributed by atoms with van der Waals surface area (Å²) in [7, 11) is 0. The number of hydrogen-bond acceptors (Lipinski definition) is 2. The molecule has 0 aliphatic rings. The monoisotopic (exact) mass is 270 g/mol. The van der Waals surface area contributed by atoms with E-state index in [0.717, 1.165) is 29.4 Å². The maximum atomic E-state index is 10.5. The van der Waals surface area contributed by atoms with Crippen molar-refractivity contribution in [2.24, 2.45) is 0 Å². The molecular formula is C12H15BrO2. The van der Waals surface area contributed by atoms with Gasteiger partial charge in [0.1, 0.15) is 12.0 Å². The lowest BCUT2D eigenvalue weighted by molar-refractivity contribution is 0.112. The second-order valence-electron chi connectivity index (χ2n) is 3.36. The van der Waals surface area contributed by atoms with Gasteiger partial charge in [0.15, 0.2) is 0 Å². The molecule has 0 N–H and O–H groups in total. The van der Waals surface area contributed by atoms with Crippen molar-refractivity contribution >= 4 is 22.2 Å². The van der Waals surface area contributed by atoms with Gasteiger partial charge in [0, 0.05) is 5.56 Å². The molecule has 1 aromatic carbocycles. The highest BCUT2D eigenvalue weighted by atomic mass is 79.9. The second-order valence-corrected chi connectivity index (χ2v) is 4.22. The molecule has 0 heterocycles. The number of aldehydes is 1. The number of halogens is 1. The minimum Gasteiger partial charge on any atom is -0.489 e. The quantitative estimate of drug-likeness (QED) is 0.761. The fourth-order valence-electron chi connectivity index (χ4n) is 1.32. The maximum Gasteiger partial charge on any atom is 0.150 e. The number of carbonyl (C=O) groups excluding carboxylic acids is 1. The molecule has 0 amide bonds. The molecule has 3 heteroatoms. The number of carbonyl (C=O) groups is 1. The Hall–Kier alpha value is -0.830. The van der Waals surface area contributed by atoms with Gasteiger partial charge in [-0.05, 0) is 47.0 Å². The van der Waals surface area contributed by atoms with Crippen LogP contribution in [0.2, 0.25) is 0 Å². The first-order chi connectivity index (χ1) is 7.21. The Labute approximate surface area is 98.8 Å². The second kappa shape index (κ2) is 5.91. The summed E-state index contributed by atoms with van der Waals surface area (Å²) in [4.78, 5) is 10.5. The average molecular weight is 271 g/mol. The normalized spacial score (nSPS) is 10.4. The smallest absolute Gasteiger partial charge is 0.150 e. The van der Waals surface area contributed by atoms with Crippen molar-refractivity contribution < 1.29 is 9.53 Å². The van der Waals surface area contributed by atoms with Crippen LogP contribution in [0, 0.1) is 0 Å². The van der Waals surface area contributed by atoms with E-state index >= 15 is 0 Å². The first kappa shape index (κ1) is 12.2. The lowest BCUT2D eigenvalue weighted by Crippen LogP contribution is -2.13. The van der Waals surface area contributed by atoms with E-state index in [4.69, 9.17) is 4.74 Å². The maximum absolute atomic E-state index is 10.5. The van der Waals surface area contributed by atoms with Crippen molar-refractivity contribution in [2.45, 2.75) is 32.8 Å². The molecule has 0 saturated heterocycles. The van der Waals surface area contributed by atoms with Gasteiger partial charge in [-0.15, -0.1) is 0 Å². The van der Waals surface area contributed by atoms with E-state index in [0.29, 0.717) is 5.56 Å². The number of ether oxygens (including phenoxy) is 1. The van der Waals surface area contributed by atoms with Gasteiger partial charge in [0.05, 0.1) is 10.6 Å². The van der Waals surface area contributed by atoms with Crippen LogP contribution in [0.1, 0.15) is 37.0 Å². The summed E-state index contributed by atoms with van der Waals surface area (Å²) in [5.41, 5.74) is 0.652. The molecular weight excluding hydrogens is 256 g/mol. The van der Waals surface area contributed by atoms with Gasteiger partial charge in [0.2, 0.25) is 0 Å². The molecule has 0 atom stereocenters. The van der Waals surface area contributed by atoms with E-state index in [9.17, 15) is 4.79 Å². The highest BCUT2D eigenvalue weighted by Crippen LogP contribution is 2.27. The summed E-state index contributed by atoms with van der Waals surface area (Å²) in [5, 5.41) is 0. The largest absolute Gasteiger partial charge is 0.489 e. The Morgan fingerprint density at radius 1 is 1.40 bits per heavy atom. The van der Waals surface area contributed by atoms with Gasteiger partial charge < -0.3 is 4.74 Å². The summed E-state index contributed by atoms with van der Waals surface area (Å²) in [6.07, 6.45) is 3.03. The van der Waals surface area contributed by atoms with Crippen molar-refractivity contribution in [1.82, 2.24) is 0 Å². The molecule has 0 aromatic heterocycles. The van der Waals surface area contributed by atoms with Crippen LogP contribution in [0.4, 0.5) is 0 Å².